The van der Waals surface area contributed by atoms with E-state index < -0.39 is 23.4 Å². The smallest absolute Gasteiger partial charge is 0.308 e. The van der Waals surface area contributed by atoms with E-state index in [0.29, 0.717) is 12.2 Å². The summed E-state index contributed by atoms with van der Waals surface area (Å²) in [5.74, 6) is -1.01. The zero-order chi connectivity index (χ0) is 22.5. The third-order valence-electron chi connectivity index (χ3n) is 4.80. The van der Waals surface area contributed by atoms with Gasteiger partial charge in [-0.3, -0.25) is 19.7 Å². The van der Waals surface area contributed by atoms with Crippen LogP contribution in [0.3, 0.4) is 0 Å². The second-order valence-electron chi connectivity index (χ2n) is 6.95. The van der Waals surface area contributed by atoms with Crippen molar-refractivity contribution in [2.75, 3.05) is 23.4 Å². The molecule has 4 rings (SSSR count). The van der Waals surface area contributed by atoms with Gasteiger partial charge in [0.15, 0.2) is 6.61 Å². The predicted molar refractivity (Wildman–Crippen MR) is 121 cm³/mol. The highest BCUT2D eigenvalue weighted by molar-refractivity contribution is 7.99. The Balaban J connectivity index is 1.32. The van der Waals surface area contributed by atoms with E-state index in [1.165, 1.54) is 24.3 Å². The third-order valence-corrected chi connectivity index (χ3v) is 5.93. The molecule has 0 aromatic heterocycles. The molecule has 32 heavy (non-hydrogen) atoms. The number of carbonyl (C=O) groups is 2. The number of nitrogens with one attached hydrogen (secondary N) is 1. The number of benzene rings is 3. The topological polar surface area (TPSA) is 102 Å². The van der Waals surface area contributed by atoms with Gasteiger partial charge in [0.05, 0.1) is 22.7 Å². The number of nitro groups is 1. The molecule has 1 amide bonds. The highest BCUT2D eigenvalue weighted by Crippen LogP contribution is 2.47. The van der Waals surface area contributed by atoms with Crippen molar-refractivity contribution in [2.45, 2.75) is 16.2 Å². The molecule has 0 unspecified atom stereocenters. The van der Waals surface area contributed by atoms with Gasteiger partial charge < -0.3 is 15.0 Å². The molecule has 8 nitrogen and oxygen atoms in total. The first-order valence-corrected chi connectivity index (χ1v) is 10.7. The maximum absolute atomic E-state index is 12.3. The zero-order valence-corrected chi connectivity index (χ0v) is 17.7. The average Bonchev–Trinajstić information content (AvgIpc) is 2.80. The van der Waals surface area contributed by atoms with Gasteiger partial charge in [-0.25, -0.2) is 0 Å². The molecule has 0 fully saturated rings. The van der Waals surface area contributed by atoms with E-state index in [1.54, 1.807) is 11.8 Å². The van der Waals surface area contributed by atoms with Crippen LogP contribution in [-0.2, 0) is 14.3 Å². The lowest BCUT2D eigenvalue weighted by Crippen LogP contribution is -2.26. The summed E-state index contributed by atoms with van der Waals surface area (Å²) in [4.78, 5) is 38.8. The van der Waals surface area contributed by atoms with E-state index in [1.807, 2.05) is 48.5 Å². The van der Waals surface area contributed by atoms with Crippen LogP contribution in [0.4, 0.5) is 22.7 Å². The van der Waals surface area contributed by atoms with E-state index in [-0.39, 0.29) is 12.1 Å². The summed E-state index contributed by atoms with van der Waals surface area (Å²) in [6.07, 6.45) is 0.109. The molecule has 3 aromatic rings. The van der Waals surface area contributed by atoms with Crippen LogP contribution < -0.4 is 10.2 Å². The summed E-state index contributed by atoms with van der Waals surface area (Å²) in [5.41, 5.74) is 2.36. The molecule has 9 heteroatoms. The lowest BCUT2D eigenvalue weighted by molar-refractivity contribution is -0.384. The third kappa shape index (κ3) is 4.89. The minimum atomic E-state index is -0.523. The monoisotopic (exact) mass is 449 g/mol. The molecular formula is C23H19N3O5S. The quantitative estimate of drug-likeness (QED) is 0.315. The van der Waals surface area contributed by atoms with Gasteiger partial charge in [-0.15, -0.1) is 0 Å². The Kier molecular flexibility index (Phi) is 6.37. The Labute approximate surface area is 188 Å². The molecule has 0 saturated carbocycles. The first-order valence-electron chi connectivity index (χ1n) is 9.84. The van der Waals surface area contributed by atoms with Crippen molar-refractivity contribution in [1.82, 2.24) is 0 Å². The molecule has 0 saturated heterocycles. The Morgan fingerprint density at radius 1 is 0.938 bits per heavy atom. The lowest BCUT2D eigenvalue weighted by Gasteiger charge is -2.32. The van der Waals surface area contributed by atoms with Gasteiger partial charge in [-0.05, 0) is 36.4 Å². The van der Waals surface area contributed by atoms with Crippen LogP contribution in [0.2, 0.25) is 0 Å². The summed E-state index contributed by atoms with van der Waals surface area (Å²) >= 11 is 1.69. The minimum Gasteiger partial charge on any atom is -0.456 e. The molecule has 0 radical (unpaired) electrons. The first-order chi connectivity index (χ1) is 15.5. The fraction of sp³-hybridized carbons (Fsp3) is 0.130. The van der Waals surface area contributed by atoms with Crippen LogP contribution in [0.25, 0.3) is 0 Å². The Morgan fingerprint density at radius 2 is 1.53 bits per heavy atom. The molecule has 1 N–H and O–H groups in total. The number of carbonyl (C=O) groups excluding carboxylic acids is 2. The largest absolute Gasteiger partial charge is 0.456 e. The van der Waals surface area contributed by atoms with Gasteiger partial charge in [-0.1, -0.05) is 36.0 Å². The predicted octanol–water partition coefficient (Wildman–Crippen LogP) is 4.77. The van der Waals surface area contributed by atoms with Gasteiger partial charge >= 0.3 is 5.97 Å². The second kappa shape index (κ2) is 9.52. The number of hydrogen-bond donors (Lipinski definition) is 1. The van der Waals surface area contributed by atoms with Gasteiger partial charge in [0.2, 0.25) is 0 Å². The maximum atomic E-state index is 12.3. The van der Waals surface area contributed by atoms with Crippen LogP contribution >= 0.6 is 11.8 Å². The van der Waals surface area contributed by atoms with E-state index in [0.717, 1.165) is 21.2 Å². The van der Waals surface area contributed by atoms with E-state index in [9.17, 15) is 19.7 Å². The average molecular weight is 449 g/mol. The summed E-state index contributed by atoms with van der Waals surface area (Å²) < 4.78 is 5.11. The highest BCUT2D eigenvalue weighted by atomic mass is 32.2. The van der Waals surface area contributed by atoms with Crippen molar-refractivity contribution in [3.8, 4) is 0 Å². The lowest BCUT2D eigenvalue weighted by atomic mass is 10.2. The molecule has 1 heterocycles. The van der Waals surface area contributed by atoms with Crippen molar-refractivity contribution in [2.24, 2.45) is 0 Å². The van der Waals surface area contributed by atoms with Gasteiger partial charge in [-0.2, -0.15) is 0 Å². The molecule has 0 spiro atoms. The number of anilines is 3. The standard InChI is InChI=1S/C23H19N3O5S/c27-22(24-16-9-11-17(12-10-16)26(29)30)15-31-23(28)13-14-25-18-5-1-3-7-20(18)32-21-8-4-2-6-19(21)25/h1-12H,13-15H2,(H,24,27). The number of fused-ring (bicyclic) bond motifs is 2. The Morgan fingerprint density at radius 3 is 2.12 bits per heavy atom. The molecule has 1 aliphatic rings. The molecule has 162 valence electrons. The Bertz CT molecular complexity index is 1120. The summed E-state index contributed by atoms with van der Waals surface area (Å²) in [7, 11) is 0. The van der Waals surface area contributed by atoms with Crippen LogP contribution in [0.5, 0.6) is 0 Å². The fourth-order valence-electron chi connectivity index (χ4n) is 3.31. The zero-order valence-electron chi connectivity index (χ0n) is 16.9. The van der Waals surface area contributed by atoms with Crippen molar-refractivity contribution in [1.29, 1.82) is 0 Å². The fourth-order valence-corrected chi connectivity index (χ4v) is 4.40. The van der Waals surface area contributed by atoms with Crippen LogP contribution in [0.15, 0.2) is 82.6 Å². The number of nitrogens with zero attached hydrogens (tertiary/aromatic N) is 2. The van der Waals surface area contributed by atoms with Gasteiger partial charge in [0.25, 0.3) is 11.6 Å². The highest BCUT2D eigenvalue weighted by Gasteiger charge is 2.23. The molecule has 1 aliphatic heterocycles. The molecule has 0 aliphatic carbocycles. The number of nitro benzene ring substituents is 1. The van der Waals surface area contributed by atoms with Crippen LogP contribution in [-0.4, -0.2) is 30.0 Å². The minimum absolute atomic E-state index is 0.0753. The van der Waals surface area contributed by atoms with Crippen molar-refractivity contribution in [3.05, 3.63) is 82.9 Å². The van der Waals surface area contributed by atoms with Crippen molar-refractivity contribution in [3.63, 3.8) is 0 Å². The van der Waals surface area contributed by atoms with Crippen molar-refractivity contribution >= 4 is 46.4 Å². The molecule has 0 bridgehead atoms. The number of hydrogen-bond acceptors (Lipinski definition) is 7. The number of ether oxygens (including phenoxy) is 1. The Hall–Kier alpha value is -3.85. The molecule has 3 aromatic carbocycles. The van der Waals surface area contributed by atoms with Crippen LogP contribution in [0.1, 0.15) is 6.42 Å². The molecular weight excluding hydrogens is 430 g/mol. The van der Waals surface area contributed by atoms with E-state index in [2.05, 4.69) is 10.2 Å². The number of esters is 1. The first kappa shape index (κ1) is 21.4. The van der Waals surface area contributed by atoms with E-state index >= 15 is 0 Å². The SMILES string of the molecule is O=C(COC(=O)CCN1c2ccccc2Sc2ccccc21)Nc1ccc([N+](=O)[O-])cc1. The number of rotatable bonds is 7. The second-order valence-corrected chi connectivity index (χ2v) is 8.04. The number of amides is 1. The molecule has 0 atom stereocenters. The summed E-state index contributed by atoms with van der Waals surface area (Å²) in [5, 5.41) is 13.2. The maximum Gasteiger partial charge on any atom is 0.308 e. The number of non-ortho nitro benzene ring substituents is 1. The van der Waals surface area contributed by atoms with Crippen molar-refractivity contribution < 1.29 is 19.2 Å². The normalized spacial score (nSPS) is 11.8. The number of para-hydroxylation sites is 2. The summed E-state index contributed by atoms with van der Waals surface area (Å²) in [6, 6.07) is 21.4. The van der Waals surface area contributed by atoms with Gasteiger partial charge in [0.1, 0.15) is 0 Å². The van der Waals surface area contributed by atoms with Crippen LogP contribution in [0, 0.1) is 10.1 Å². The summed E-state index contributed by atoms with van der Waals surface area (Å²) in [6.45, 7) is -0.0176. The van der Waals surface area contributed by atoms with Gasteiger partial charge in [0, 0.05) is 34.2 Å². The van der Waals surface area contributed by atoms with E-state index in [4.69, 9.17) is 4.74 Å².